The maximum Gasteiger partial charge on any atom is 0.246 e. The zero-order chi connectivity index (χ0) is 13.2. The summed E-state index contributed by atoms with van der Waals surface area (Å²) >= 11 is 0. The second-order valence-corrected chi connectivity index (χ2v) is 5.85. The van der Waals surface area contributed by atoms with E-state index >= 15 is 0 Å². The van der Waals surface area contributed by atoms with E-state index in [-0.39, 0.29) is 16.6 Å². The second-order valence-electron chi connectivity index (χ2n) is 3.99. The molecule has 17 heavy (non-hydrogen) atoms. The molecule has 0 radical (unpaired) electrons. The van der Waals surface area contributed by atoms with Crippen molar-refractivity contribution in [3.8, 4) is 0 Å². The first-order valence-electron chi connectivity index (χ1n) is 5.37. The quantitative estimate of drug-likeness (QED) is 0.840. The van der Waals surface area contributed by atoms with Gasteiger partial charge in [-0.05, 0) is 32.0 Å². The lowest BCUT2D eigenvalue weighted by Crippen LogP contribution is -2.37. The van der Waals surface area contributed by atoms with Gasteiger partial charge in [0.15, 0.2) is 0 Å². The predicted molar refractivity (Wildman–Crippen MR) is 65.5 cm³/mol. The van der Waals surface area contributed by atoms with Crippen molar-refractivity contribution in [3.63, 3.8) is 0 Å². The van der Waals surface area contributed by atoms with Crippen LogP contribution >= 0.6 is 0 Å². The summed E-state index contributed by atoms with van der Waals surface area (Å²) < 4.78 is 39.2. The fourth-order valence-electron chi connectivity index (χ4n) is 1.67. The highest BCUT2D eigenvalue weighted by Crippen LogP contribution is 2.22. The predicted octanol–water partition coefficient (Wildman–Crippen LogP) is 1.83. The third-order valence-electron chi connectivity index (χ3n) is 2.43. The van der Waals surface area contributed by atoms with E-state index in [9.17, 15) is 12.8 Å². The zero-order valence-corrected chi connectivity index (χ0v) is 11.0. The first kappa shape index (κ1) is 13.9. The van der Waals surface area contributed by atoms with Gasteiger partial charge in [0, 0.05) is 18.3 Å². The van der Waals surface area contributed by atoms with Crippen LogP contribution in [0.2, 0.25) is 0 Å². The molecule has 0 heterocycles. The van der Waals surface area contributed by atoms with Crippen molar-refractivity contribution >= 4 is 15.7 Å². The lowest BCUT2D eigenvalue weighted by molar-refractivity contribution is 0.367. The highest BCUT2D eigenvalue weighted by molar-refractivity contribution is 7.89. The molecule has 0 amide bonds. The van der Waals surface area contributed by atoms with Crippen molar-refractivity contribution in [2.75, 3.05) is 12.3 Å². The molecule has 0 saturated heterocycles. The molecule has 0 aliphatic carbocycles. The molecule has 0 aliphatic heterocycles. The molecular formula is C11H17FN2O2S. The Bertz CT molecular complexity index is 500. The number of hydrogen-bond acceptors (Lipinski definition) is 3. The number of nitrogens with zero attached hydrogens (tertiary/aromatic N) is 1. The lowest BCUT2D eigenvalue weighted by Gasteiger charge is -2.24. The molecule has 1 rings (SSSR count). The Morgan fingerprint density at radius 2 is 2.00 bits per heavy atom. The first-order chi connectivity index (χ1) is 7.80. The van der Waals surface area contributed by atoms with Gasteiger partial charge < -0.3 is 5.73 Å². The van der Waals surface area contributed by atoms with Crippen LogP contribution in [0.4, 0.5) is 10.1 Å². The Morgan fingerprint density at radius 1 is 1.41 bits per heavy atom. The molecule has 0 bridgehead atoms. The molecular weight excluding hydrogens is 243 g/mol. The van der Waals surface area contributed by atoms with Gasteiger partial charge in [-0.3, -0.25) is 0 Å². The zero-order valence-electron chi connectivity index (χ0n) is 10.1. The average Bonchev–Trinajstić information content (AvgIpc) is 2.16. The maximum atomic E-state index is 13.6. The highest BCUT2D eigenvalue weighted by atomic mass is 32.2. The SMILES string of the molecule is CCN(C(C)C)S(=O)(=O)c1ccc(N)cc1F. The van der Waals surface area contributed by atoms with E-state index < -0.39 is 15.8 Å². The van der Waals surface area contributed by atoms with Crippen molar-refractivity contribution in [2.45, 2.75) is 31.7 Å². The van der Waals surface area contributed by atoms with Gasteiger partial charge in [0.2, 0.25) is 10.0 Å². The van der Waals surface area contributed by atoms with E-state index in [1.54, 1.807) is 20.8 Å². The lowest BCUT2D eigenvalue weighted by atomic mass is 10.3. The monoisotopic (exact) mass is 260 g/mol. The van der Waals surface area contributed by atoms with Crippen LogP contribution in [0.3, 0.4) is 0 Å². The summed E-state index contributed by atoms with van der Waals surface area (Å²) in [7, 11) is -3.80. The minimum Gasteiger partial charge on any atom is -0.399 e. The Morgan fingerprint density at radius 3 is 2.41 bits per heavy atom. The van der Waals surface area contributed by atoms with Crippen LogP contribution in [0.15, 0.2) is 23.1 Å². The van der Waals surface area contributed by atoms with Crippen LogP contribution in [0.5, 0.6) is 0 Å². The average molecular weight is 260 g/mol. The van der Waals surface area contributed by atoms with Crippen molar-refractivity contribution in [1.82, 2.24) is 4.31 Å². The number of nitrogens with two attached hydrogens (primary N) is 1. The fourth-order valence-corrected chi connectivity index (χ4v) is 3.36. The van der Waals surface area contributed by atoms with Gasteiger partial charge in [-0.25, -0.2) is 12.8 Å². The van der Waals surface area contributed by atoms with Crippen LogP contribution < -0.4 is 5.73 Å². The van der Waals surface area contributed by atoms with Crippen LogP contribution in [0.1, 0.15) is 20.8 Å². The van der Waals surface area contributed by atoms with E-state index in [1.165, 1.54) is 16.4 Å². The number of benzene rings is 1. The molecule has 0 aliphatic rings. The molecule has 0 spiro atoms. The molecule has 0 atom stereocenters. The molecule has 4 nitrogen and oxygen atoms in total. The minimum atomic E-state index is -3.80. The summed E-state index contributed by atoms with van der Waals surface area (Å²) in [5, 5.41) is 0. The van der Waals surface area contributed by atoms with Gasteiger partial charge >= 0.3 is 0 Å². The summed E-state index contributed by atoms with van der Waals surface area (Å²) in [6, 6.07) is 3.37. The summed E-state index contributed by atoms with van der Waals surface area (Å²) in [5.74, 6) is -0.816. The molecule has 1 aromatic carbocycles. The van der Waals surface area contributed by atoms with Crippen molar-refractivity contribution in [3.05, 3.63) is 24.0 Å². The van der Waals surface area contributed by atoms with Crippen LogP contribution in [0.25, 0.3) is 0 Å². The van der Waals surface area contributed by atoms with Crippen molar-refractivity contribution in [2.24, 2.45) is 0 Å². The minimum absolute atomic E-state index is 0.203. The standard InChI is InChI=1S/C11H17FN2O2S/c1-4-14(8(2)3)17(15,16)11-6-5-9(13)7-10(11)12/h5-8H,4,13H2,1-3H3. The summed E-state index contributed by atoms with van der Waals surface area (Å²) in [6.45, 7) is 5.50. The van der Waals surface area contributed by atoms with Crippen LogP contribution in [-0.2, 0) is 10.0 Å². The van der Waals surface area contributed by atoms with Crippen molar-refractivity contribution < 1.29 is 12.8 Å². The topological polar surface area (TPSA) is 63.4 Å². The molecule has 6 heteroatoms. The third kappa shape index (κ3) is 2.76. The van der Waals surface area contributed by atoms with Crippen LogP contribution in [0, 0.1) is 5.82 Å². The highest BCUT2D eigenvalue weighted by Gasteiger charge is 2.28. The number of hydrogen-bond donors (Lipinski definition) is 1. The van der Waals surface area contributed by atoms with E-state index in [2.05, 4.69) is 0 Å². The molecule has 0 saturated carbocycles. The molecule has 0 aromatic heterocycles. The first-order valence-corrected chi connectivity index (χ1v) is 6.81. The molecule has 0 fully saturated rings. The van der Waals surface area contributed by atoms with Gasteiger partial charge in [-0.15, -0.1) is 0 Å². The maximum absolute atomic E-state index is 13.6. The smallest absolute Gasteiger partial charge is 0.246 e. The Balaban J connectivity index is 3.30. The van der Waals surface area contributed by atoms with Gasteiger partial charge in [0.05, 0.1) is 0 Å². The third-order valence-corrected chi connectivity index (χ3v) is 4.61. The normalized spacial score (nSPS) is 12.4. The molecule has 1 aromatic rings. The number of halogens is 1. The summed E-state index contributed by atoms with van der Waals surface area (Å²) in [6.07, 6.45) is 0. The van der Waals surface area contributed by atoms with Crippen molar-refractivity contribution in [1.29, 1.82) is 0 Å². The van der Waals surface area contributed by atoms with Gasteiger partial charge in [0.1, 0.15) is 10.7 Å². The van der Waals surface area contributed by atoms with E-state index in [1.807, 2.05) is 0 Å². The Labute approximate surface area is 101 Å². The molecule has 0 unspecified atom stereocenters. The van der Waals surface area contributed by atoms with Crippen LogP contribution in [-0.4, -0.2) is 25.3 Å². The summed E-state index contributed by atoms with van der Waals surface area (Å²) in [4.78, 5) is -0.331. The van der Waals surface area contributed by atoms with E-state index in [0.29, 0.717) is 6.54 Å². The largest absolute Gasteiger partial charge is 0.399 e. The van der Waals surface area contributed by atoms with Gasteiger partial charge in [-0.2, -0.15) is 4.31 Å². The van der Waals surface area contributed by atoms with E-state index in [4.69, 9.17) is 5.73 Å². The number of rotatable bonds is 4. The Kier molecular flexibility index (Phi) is 4.11. The van der Waals surface area contributed by atoms with Gasteiger partial charge in [0.25, 0.3) is 0 Å². The Hall–Kier alpha value is -1.14. The molecule has 96 valence electrons. The number of anilines is 1. The number of sulfonamides is 1. The fraction of sp³-hybridized carbons (Fsp3) is 0.455. The summed E-state index contributed by atoms with van der Waals surface area (Å²) in [5.41, 5.74) is 5.59. The molecule has 2 N–H and O–H groups in total. The number of nitrogen functional groups attached to an aromatic ring is 1. The van der Waals surface area contributed by atoms with Gasteiger partial charge in [-0.1, -0.05) is 6.92 Å². The van der Waals surface area contributed by atoms with E-state index in [0.717, 1.165) is 6.07 Å². The second kappa shape index (κ2) is 5.01.